The maximum atomic E-state index is 12.7. The minimum atomic E-state index is -1.40. The number of nitrogens with two attached hydrogens (primary N) is 1. The summed E-state index contributed by atoms with van der Waals surface area (Å²) in [5, 5.41) is 26.0. The summed E-state index contributed by atoms with van der Waals surface area (Å²) in [6, 6.07) is -4.55. The molecule has 5 atom stereocenters. The smallest absolute Gasteiger partial charge is 0.326 e. The molecule has 30 heavy (non-hydrogen) atoms. The Labute approximate surface area is 174 Å². The van der Waals surface area contributed by atoms with E-state index in [-0.39, 0.29) is 12.3 Å². The lowest BCUT2D eigenvalue weighted by atomic mass is 9.99. The summed E-state index contributed by atoms with van der Waals surface area (Å²) in [5.74, 6) is -3.76. The first kappa shape index (κ1) is 25.0. The van der Waals surface area contributed by atoms with Crippen molar-refractivity contribution in [3.05, 3.63) is 18.2 Å². The van der Waals surface area contributed by atoms with E-state index in [9.17, 15) is 29.4 Å². The van der Waals surface area contributed by atoms with E-state index in [0.717, 1.165) is 0 Å². The molecule has 12 heteroatoms. The Kier molecular flexibility index (Phi) is 9.92. The number of H-pyrrole nitrogens is 1. The Morgan fingerprint density at radius 3 is 2.17 bits per heavy atom. The second kappa shape index (κ2) is 11.9. The zero-order valence-electron chi connectivity index (χ0n) is 17.2. The first-order valence-electron chi connectivity index (χ1n) is 9.58. The van der Waals surface area contributed by atoms with Gasteiger partial charge >= 0.3 is 5.97 Å². The second-order valence-corrected chi connectivity index (χ2v) is 7.08. The third-order valence-corrected chi connectivity index (χ3v) is 4.62. The van der Waals surface area contributed by atoms with Crippen molar-refractivity contribution in [2.24, 2.45) is 11.7 Å². The van der Waals surface area contributed by atoms with Crippen LogP contribution in [0.25, 0.3) is 0 Å². The van der Waals surface area contributed by atoms with Gasteiger partial charge in [-0.1, -0.05) is 20.3 Å². The lowest BCUT2D eigenvalue weighted by molar-refractivity contribution is -0.144. The zero-order valence-corrected chi connectivity index (χ0v) is 17.2. The Bertz CT molecular complexity index is 723. The van der Waals surface area contributed by atoms with Crippen molar-refractivity contribution in [1.29, 1.82) is 0 Å². The van der Waals surface area contributed by atoms with Crippen LogP contribution in [0.1, 0.15) is 32.9 Å². The molecule has 12 nitrogen and oxygen atoms in total. The molecule has 1 heterocycles. The minimum Gasteiger partial charge on any atom is -0.480 e. The van der Waals surface area contributed by atoms with Gasteiger partial charge in [-0.05, 0) is 12.8 Å². The molecule has 0 spiro atoms. The second-order valence-electron chi connectivity index (χ2n) is 7.08. The Hall–Kier alpha value is -2.99. The summed E-state index contributed by atoms with van der Waals surface area (Å²) in [7, 11) is 0. The molecule has 0 saturated carbocycles. The lowest BCUT2D eigenvalue weighted by Crippen LogP contribution is -2.59. The topological polar surface area (TPSA) is 200 Å². The van der Waals surface area contributed by atoms with Gasteiger partial charge < -0.3 is 36.9 Å². The van der Waals surface area contributed by atoms with Crippen molar-refractivity contribution in [3.8, 4) is 0 Å². The molecule has 0 aliphatic rings. The number of aromatic amines is 1. The van der Waals surface area contributed by atoms with Gasteiger partial charge in [0.15, 0.2) is 0 Å². The molecule has 0 saturated heterocycles. The number of nitrogens with zero attached hydrogens (tertiary/aromatic N) is 1. The molecule has 1 aromatic heterocycles. The molecule has 168 valence electrons. The number of carboxylic acid groups (broad SMARTS) is 1. The molecule has 0 aliphatic heterocycles. The normalized spacial score (nSPS) is 15.9. The maximum Gasteiger partial charge on any atom is 0.326 e. The van der Waals surface area contributed by atoms with Crippen LogP contribution in [0, 0.1) is 5.92 Å². The first-order valence-corrected chi connectivity index (χ1v) is 9.58. The highest BCUT2D eigenvalue weighted by molar-refractivity contribution is 5.94. The Morgan fingerprint density at radius 1 is 1.10 bits per heavy atom. The highest BCUT2D eigenvalue weighted by Gasteiger charge is 2.31. The highest BCUT2D eigenvalue weighted by atomic mass is 16.4. The van der Waals surface area contributed by atoms with E-state index in [1.807, 2.05) is 0 Å². The number of aromatic nitrogens is 2. The molecule has 0 aliphatic carbocycles. The fourth-order valence-electron chi connectivity index (χ4n) is 2.53. The van der Waals surface area contributed by atoms with E-state index in [1.54, 1.807) is 13.8 Å². The van der Waals surface area contributed by atoms with Crippen LogP contribution in [0.4, 0.5) is 0 Å². The fraction of sp³-hybridized carbons (Fsp3) is 0.611. The third kappa shape index (κ3) is 7.44. The van der Waals surface area contributed by atoms with Crippen molar-refractivity contribution in [2.75, 3.05) is 6.61 Å². The predicted molar refractivity (Wildman–Crippen MR) is 106 cm³/mol. The van der Waals surface area contributed by atoms with Gasteiger partial charge in [0.2, 0.25) is 17.7 Å². The average molecular weight is 426 g/mol. The summed E-state index contributed by atoms with van der Waals surface area (Å²) in [6.07, 6.45) is 3.42. The molecule has 0 aromatic carbocycles. The number of aliphatic hydroxyl groups excluding tert-OH is 1. The number of carboxylic acids is 1. The van der Waals surface area contributed by atoms with Crippen LogP contribution in [0.2, 0.25) is 0 Å². The summed E-state index contributed by atoms with van der Waals surface area (Å²) < 4.78 is 0. The third-order valence-electron chi connectivity index (χ3n) is 4.62. The zero-order chi connectivity index (χ0) is 22.8. The molecule has 0 unspecified atom stereocenters. The number of imidazole rings is 1. The van der Waals surface area contributed by atoms with Crippen LogP contribution in [0.3, 0.4) is 0 Å². The van der Waals surface area contributed by atoms with E-state index >= 15 is 0 Å². The summed E-state index contributed by atoms with van der Waals surface area (Å²) >= 11 is 0. The number of amides is 3. The number of carbonyl (C=O) groups excluding carboxylic acids is 3. The number of aliphatic hydroxyl groups is 1. The van der Waals surface area contributed by atoms with Gasteiger partial charge in [-0.2, -0.15) is 0 Å². The monoisotopic (exact) mass is 426 g/mol. The SMILES string of the molecule is CC[C@H](C)[C@H](NC(=O)[C@H](CO)NC(=O)[C@H](Cc1cnc[nH]1)NC(=O)[C@H](C)N)C(=O)O. The standard InChI is InChI=1S/C18H30N6O6/c1-4-9(2)14(18(29)30)24-17(28)13(7-25)23-16(27)12(22-15(26)10(3)19)5-11-6-20-8-21-11/h6,8-10,12-14,25H,4-5,7,19H2,1-3H3,(H,20,21)(H,22,26)(H,23,27)(H,24,28)(H,29,30)/t9-,10-,12-,13-,14-/m0/s1. The molecular formula is C18H30N6O6. The number of carbonyl (C=O) groups is 4. The quantitative estimate of drug-likeness (QED) is 0.196. The number of hydrogen-bond donors (Lipinski definition) is 7. The summed E-state index contributed by atoms with van der Waals surface area (Å²) in [6.45, 7) is 4.13. The molecule has 0 radical (unpaired) electrons. The molecular weight excluding hydrogens is 396 g/mol. The van der Waals surface area contributed by atoms with Crippen molar-refractivity contribution in [2.45, 2.75) is 57.8 Å². The molecule has 0 bridgehead atoms. The number of aliphatic carboxylic acids is 1. The van der Waals surface area contributed by atoms with Crippen molar-refractivity contribution < 1.29 is 29.4 Å². The number of rotatable bonds is 12. The largest absolute Gasteiger partial charge is 0.480 e. The minimum absolute atomic E-state index is 0.0364. The van der Waals surface area contributed by atoms with Crippen LogP contribution in [0.5, 0.6) is 0 Å². The van der Waals surface area contributed by atoms with E-state index in [4.69, 9.17) is 5.73 Å². The van der Waals surface area contributed by atoms with Crippen LogP contribution in [-0.2, 0) is 25.6 Å². The first-order chi connectivity index (χ1) is 14.1. The van der Waals surface area contributed by atoms with Gasteiger partial charge in [0.25, 0.3) is 0 Å². The van der Waals surface area contributed by atoms with Gasteiger partial charge in [0.1, 0.15) is 18.1 Å². The Balaban J connectivity index is 2.90. The molecule has 8 N–H and O–H groups in total. The maximum absolute atomic E-state index is 12.7. The van der Waals surface area contributed by atoms with Crippen LogP contribution < -0.4 is 21.7 Å². The van der Waals surface area contributed by atoms with Crippen molar-refractivity contribution in [3.63, 3.8) is 0 Å². The number of hydrogen-bond acceptors (Lipinski definition) is 7. The average Bonchev–Trinajstić information content (AvgIpc) is 3.21. The van der Waals surface area contributed by atoms with E-state index in [1.165, 1.54) is 19.4 Å². The van der Waals surface area contributed by atoms with Crippen molar-refractivity contribution in [1.82, 2.24) is 25.9 Å². The van der Waals surface area contributed by atoms with Gasteiger partial charge in [-0.3, -0.25) is 14.4 Å². The van der Waals surface area contributed by atoms with Crippen molar-refractivity contribution >= 4 is 23.7 Å². The number of nitrogens with one attached hydrogen (secondary N) is 4. The van der Waals surface area contributed by atoms with E-state index < -0.39 is 54.5 Å². The van der Waals surface area contributed by atoms with E-state index in [2.05, 4.69) is 25.9 Å². The fourth-order valence-corrected chi connectivity index (χ4v) is 2.53. The molecule has 1 rings (SSSR count). The summed E-state index contributed by atoms with van der Waals surface area (Å²) in [4.78, 5) is 55.2. The van der Waals surface area contributed by atoms with Gasteiger partial charge in [-0.25, -0.2) is 9.78 Å². The van der Waals surface area contributed by atoms with Crippen LogP contribution in [-0.4, -0.2) is 74.6 Å². The molecule has 3 amide bonds. The molecule has 1 aromatic rings. The van der Waals surface area contributed by atoms with Crippen LogP contribution >= 0.6 is 0 Å². The van der Waals surface area contributed by atoms with Gasteiger partial charge in [0, 0.05) is 18.3 Å². The Morgan fingerprint density at radius 2 is 1.70 bits per heavy atom. The lowest BCUT2D eigenvalue weighted by Gasteiger charge is -2.25. The highest BCUT2D eigenvalue weighted by Crippen LogP contribution is 2.08. The predicted octanol–water partition coefficient (Wildman–Crippen LogP) is -2.12. The summed E-state index contributed by atoms with van der Waals surface area (Å²) in [5.41, 5.74) is 6.08. The van der Waals surface area contributed by atoms with Gasteiger partial charge in [0.05, 0.1) is 19.0 Å². The van der Waals surface area contributed by atoms with Crippen LogP contribution in [0.15, 0.2) is 12.5 Å². The molecule has 0 fully saturated rings. The van der Waals surface area contributed by atoms with E-state index in [0.29, 0.717) is 12.1 Å². The van der Waals surface area contributed by atoms with Gasteiger partial charge in [-0.15, -0.1) is 0 Å².